The standard InChI is InChI=1S/C25H28N8O2/c1-25(2,3)35-24(34)32-9-5-8-31(10-11-32)22-6-4-7-23(30-22)33-21-12-20(18-13-26-17-27-14-18)28-15-19(21)16-29-33/h4,6-7,12-17H,5,8-11H2,1-3H3. The molecule has 35 heavy (non-hydrogen) atoms. The maximum absolute atomic E-state index is 12.5. The first kappa shape index (κ1) is 22.7. The molecule has 1 amide bonds. The van der Waals surface area contributed by atoms with Gasteiger partial charge in [-0.15, -0.1) is 0 Å². The van der Waals surface area contributed by atoms with E-state index >= 15 is 0 Å². The molecule has 10 nitrogen and oxygen atoms in total. The van der Waals surface area contributed by atoms with E-state index in [1.165, 1.54) is 6.33 Å². The van der Waals surface area contributed by atoms with Gasteiger partial charge < -0.3 is 14.5 Å². The molecule has 0 aliphatic carbocycles. The fraction of sp³-hybridized carbons (Fsp3) is 0.360. The van der Waals surface area contributed by atoms with E-state index < -0.39 is 5.60 Å². The van der Waals surface area contributed by atoms with Gasteiger partial charge in [0.15, 0.2) is 5.82 Å². The Labute approximate surface area is 203 Å². The van der Waals surface area contributed by atoms with E-state index in [-0.39, 0.29) is 6.09 Å². The summed E-state index contributed by atoms with van der Waals surface area (Å²) in [5.41, 5.74) is 2.00. The van der Waals surface area contributed by atoms with Crippen LogP contribution >= 0.6 is 0 Å². The van der Waals surface area contributed by atoms with Crippen LogP contribution in [0.15, 0.2) is 55.4 Å². The van der Waals surface area contributed by atoms with Gasteiger partial charge in [0.25, 0.3) is 0 Å². The highest BCUT2D eigenvalue weighted by Crippen LogP contribution is 2.24. The third-order valence-electron chi connectivity index (χ3n) is 5.72. The van der Waals surface area contributed by atoms with Crippen molar-refractivity contribution in [2.75, 3.05) is 31.1 Å². The first-order chi connectivity index (χ1) is 16.9. The Bertz CT molecular complexity index is 1330. The van der Waals surface area contributed by atoms with E-state index in [4.69, 9.17) is 9.72 Å². The van der Waals surface area contributed by atoms with Gasteiger partial charge in [-0.05, 0) is 45.4 Å². The molecule has 1 fully saturated rings. The minimum Gasteiger partial charge on any atom is -0.444 e. The van der Waals surface area contributed by atoms with Gasteiger partial charge in [0.1, 0.15) is 17.7 Å². The zero-order valence-electron chi connectivity index (χ0n) is 20.1. The molecule has 0 saturated carbocycles. The number of nitrogens with zero attached hydrogens (tertiary/aromatic N) is 8. The molecule has 0 unspecified atom stereocenters. The van der Waals surface area contributed by atoms with E-state index in [9.17, 15) is 4.79 Å². The van der Waals surface area contributed by atoms with Gasteiger partial charge in [0, 0.05) is 55.7 Å². The molecule has 0 aromatic carbocycles. The van der Waals surface area contributed by atoms with Crippen LogP contribution in [0.25, 0.3) is 28.0 Å². The summed E-state index contributed by atoms with van der Waals surface area (Å²) >= 11 is 0. The Morgan fingerprint density at radius 3 is 2.57 bits per heavy atom. The fourth-order valence-electron chi connectivity index (χ4n) is 4.05. The Morgan fingerprint density at radius 2 is 1.77 bits per heavy atom. The van der Waals surface area contributed by atoms with Crippen LogP contribution < -0.4 is 4.90 Å². The molecule has 5 heterocycles. The molecular weight excluding hydrogens is 444 g/mol. The predicted octanol–water partition coefficient (Wildman–Crippen LogP) is 3.72. The van der Waals surface area contributed by atoms with Gasteiger partial charge in [-0.25, -0.2) is 24.4 Å². The number of hydrogen-bond acceptors (Lipinski definition) is 8. The smallest absolute Gasteiger partial charge is 0.410 e. The highest BCUT2D eigenvalue weighted by molar-refractivity contribution is 5.83. The van der Waals surface area contributed by atoms with Gasteiger partial charge in [0.05, 0.1) is 17.4 Å². The summed E-state index contributed by atoms with van der Waals surface area (Å²) < 4.78 is 7.37. The Kier molecular flexibility index (Phi) is 6.02. The number of aromatic nitrogens is 6. The zero-order chi connectivity index (χ0) is 24.4. The van der Waals surface area contributed by atoms with Gasteiger partial charge in [0.2, 0.25) is 0 Å². The summed E-state index contributed by atoms with van der Waals surface area (Å²) in [5.74, 6) is 1.56. The van der Waals surface area contributed by atoms with Crippen LogP contribution in [0.4, 0.5) is 10.6 Å². The van der Waals surface area contributed by atoms with E-state index in [1.807, 2.05) is 49.7 Å². The molecule has 180 valence electrons. The van der Waals surface area contributed by atoms with E-state index in [0.29, 0.717) is 25.5 Å². The normalized spacial score (nSPS) is 14.7. The van der Waals surface area contributed by atoms with Crippen LogP contribution in [0.5, 0.6) is 0 Å². The molecule has 1 saturated heterocycles. The third-order valence-corrected chi connectivity index (χ3v) is 5.72. The lowest BCUT2D eigenvalue weighted by Gasteiger charge is -2.26. The van der Waals surface area contributed by atoms with Gasteiger partial charge in [-0.2, -0.15) is 5.10 Å². The quantitative estimate of drug-likeness (QED) is 0.445. The van der Waals surface area contributed by atoms with Crippen LogP contribution in [0, 0.1) is 0 Å². The molecule has 1 aliphatic rings. The first-order valence-electron chi connectivity index (χ1n) is 11.7. The lowest BCUT2D eigenvalue weighted by molar-refractivity contribution is 0.0263. The van der Waals surface area contributed by atoms with Crippen molar-refractivity contribution in [3.63, 3.8) is 0 Å². The summed E-state index contributed by atoms with van der Waals surface area (Å²) in [4.78, 5) is 34.1. The SMILES string of the molecule is CC(C)(C)OC(=O)N1CCCN(c2cccc(-n3ncc4cnc(-c5cncnc5)cc43)n2)CC1. The predicted molar refractivity (Wildman–Crippen MR) is 132 cm³/mol. The molecular formula is C25H28N8O2. The van der Waals surface area contributed by atoms with Gasteiger partial charge in [-0.3, -0.25) is 4.98 Å². The first-order valence-corrected chi connectivity index (χ1v) is 11.7. The minimum atomic E-state index is -0.506. The fourth-order valence-corrected chi connectivity index (χ4v) is 4.05. The Morgan fingerprint density at radius 1 is 0.971 bits per heavy atom. The number of carbonyl (C=O) groups excluding carboxylic acids is 1. The van der Waals surface area contributed by atoms with Crippen molar-refractivity contribution in [1.82, 2.24) is 34.6 Å². The number of anilines is 1. The molecule has 4 aromatic rings. The molecule has 10 heteroatoms. The summed E-state index contributed by atoms with van der Waals surface area (Å²) in [5, 5.41) is 5.49. The number of amides is 1. The number of fused-ring (bicyclic) bond motifs is 1. The minimum absolute atomic E-state index is 0.266. The topological polar surface area (TPSA) is 102 Å². The second-order valence-corrected chi connectivity index (χ2v) is 9.47. The summed E-state index contributed by atoms with van der Waals surface area (Å²) in [6.45, 7) is 8.38. The number of ether oxygens (including phenoxy) is 1. The molecule has 0 radical (unpaired) electrons. The summed E-state index contributed by atoms with van der Waals surface area (Å²) in [6.07, 6.45) is 9.12. The maximum atomic E-state index is 12.5. The van der Waals surface area contributed by atoms with Crippen molar-refractivity contribution >= 4 is 22.8 Å². The van der Waals surface area contributed by atoms with Crippen LogP contribution in [-0.4, -0.2) is 72.5 Å². The number of rotatable bonds is 3. The van der Waals surface area contributed by atoms with Crippen molar-refractivity contribution in [2.24, 2.45) is 0 Å². The maximum Gasteiger partial charge on any atom is 0.410 e. The number of carbonyl (C=O) groups is 1. The van der Waals surface area contributed by atoms with E-state index in [2.05, 4.69) is 25.0 Å². The second-order valence-electron chi connectivity index (χ2n) is 9.47. The third kappa shape index (κ3) is 5.06. The van der Waals surface area contributed by atoms with E-state index in [1.54, 1.807) is 29.7 Å². The van der Waals surface area contributed by atoms with Crippen molar-refractivity contribution < 1.29 is 9.53 Å². The summed E-state index contributed by atoms with van der Waals surface area (Å²) in [6, 6.07) is 7.88. The highest BCUT2D eigenvalue weighted by Gasteiger charge is 2.25. The summed E-state index contributed by atoms with van der Waals surface area (Å²) in [7, 11) is 0. The molecule has 0 atom stereocenters. The Balaban J connectivity index is 1.38. The lowest BCUT2D eigenvalue weighted by Crippen LogP contribution is -2.39. The monoisotopic (exact) mass is 472 g/mol. The highest BCUT2D eigenvalue weighted by atomic mass is 16.6. The van der Waals surface area contributed by atoms with Gasteiger partial charge >= 0.3 is 6.09 Å². The van der Waals surface area contributed by atoms with Crippen molar-refractivity contribution in [2.45, 2.75) is 32.8 Å². The molecule has 4 aromatic heterocycles. The van der Waals surface area contributed by atoms with Crippen molar-refractivity contribution in [1.29, 1.82) is 0 Å². The van der Waals surface area contributed by atoms with Crippen LogP contribution in [0.1, 0.15) is 27.2 Å². The average molecular weight is 473 g/mol. The molecule has 5 rings (SSSR count). The number of hydrogen-bond donors (Lipinski definition) is 0. The van der Waals surface area contributed by atoms with Crippen LogP contribution in [-0.2, 0) is 4.74 Å². The van der Waals surface area contributed by atoms with Crippen molar-refractivity contribution in [3.8, 4) is 17.1 Å². The molecule has 0 spiro atoms. The largest absolute Gasteiger partial charge is 0.444 e. The van der Waals surface area contributed by atoms with E-state index in [0.717, 1.165) is 40.9 Å². The average Bonchev–Trinajstić information content (AvgIpc) is 3.11. The number of pyridine rings is 2. The van der Waals surface area contributed by atoms with Gasteiger partial charge in [-0.1, -0.05) is 6.07 Å². The van der Waals surface area contributed by atoms with Crippen LogP contribution in [0.3, 0.4) is 0 Å². The molecule has 1 aliphatic heterocycles. The zero-order valence-corrected chi connectivity index (χ0v) is 20.1. The second kappa shape index (κ2) is 9.28. The Hall–Kier alpha value is -4.08. The van der Waals surface area contributed by atoms with Crippen molar-refractivity contribution in [3.05, 3.63) is 55.4 Å². The van der Waals surface area contributed by atoms with Crippen LogP contribution in [0.2, 0.25) is 0 Å². The molecule has 0 bridgehead atoms. The lowest BCUT2D eigenvalue weighted by atomic mass is 10.2. The molecule has 0 N–H and O–H groups in total.